The molecule has 0 aliphatic rings. The van der Waals surface area contributed by atoms with Crippen LogP contribution in [0.25, 0.3) is 5.57 Å². The molecule has 2 rings (SSSR count). The van der Waals surface area contributed by atoms with Gasteiger partial charge in [-0.3, -0.25) is 9.48 Å². The average molecular weight is 291 g/mol. The molecule has 0 saturated carbocycles. The Morgan fingerprint density at radius 1 is 1.40 bits per heavy atom. The second-order valence-electron chi connectivity index (χ2n) is 4.50. The van der Waals surface area contributed by atoms with Crippen molar-refractivity contribution < 1.29 is 9.53 Å². The van der Waals surface area contributed by atoms with Crippen LogP contribution >= 0.6 is 11.6 Å². The van der Waals surface area contributed by atoms with Crippen LogP contribution in [-0.2, 0) is 13.7 Å². The molecule has 4 nitrogen and oxygen atoms in total. The predicted molar refractivity (Wildman–Crippen MR) is 78.9 cm³/mol. The minimum Gasteiger partial charge on any atom is -0.472 e. The van der Waals surface area contributed by atoms with Gasteiger partial charge in [0.2, 0.25) is 5.88 Å². The highest BCUT2D eigenvalue weighted by Gasteiger charge is 2.14. The summed E-state index contributed by atoms with van der Waals surface area (Å²) in [5.74, 6) is 0.497. The zero-order chi connectivity index (χ0) is 14.7. The second kappa shape index (κ2) is 5.92. The van der Waals surface area contributed by atoms with Crippen LogP contribution in [-0.4, -0.2) is 15.0 Å². The van der Waals surface area contributed by atoms with Crippen molar-refractivity contribution in [1.29, 1.82) is 0 Å². The molecule has 20 heavy (non-hydrogen) atoms. The van der Waals surface area contributed by atoms with Gasteiger partial charge in [0, 0.05) is 30.4 Å². The van der Waals surface area contributed by atoms with E-state index in [9.17, 15) is 4.79 Å². The SMILES string of the molecule is C=C(C)c1cccc(C(=O)Cl)c1COc1ccn(C)n1. The molecular weight excluding hydrogens is 276 g/mol. The Labute approximate surface area is 122 Å². The molecule has 2 aromatic rings. The number of carbonyl (C=O) groups excluding carboxylic acids is 1. The first kappa shape index (κ1) is 14.3. The number of rotatable bonds is 5. The van der Waals surface area contributed by atoms with Crippen LogP contribution in [0.5, 0.6) is 5.88 Å². The van der Waals surface area contributed by atoms with Crippen molar-refractivity contribution in [2.24, 2.45) is 7.05 Å². The minimum absolute atomic E-state index is 0.216. The van der Waals surface area contributed by atoms with Gasteiger partial charge in [0.05, 0.1) is 0 Å². The monoisotopic (exact) mass is 290 g/mol. The zero-order valence-electron chi connectivity index (χ0n) is 11.4. The Balaban J connectivity index is 2.32. The van der Waals surface area contributed by atoms with E-state index in [4.69, 9.17) is 16.3 Å². The Bertz CT molecular complexity index is 629. The number of halogens is 1. The van der Waals surface area contributed by atoms with E-state index in [1.165, 1.54) is 0 Å². The molecule has 0 radical (unpaired) electrons. The molecule has 0 unspecified atom stereocenters. The van der Waals surface area contributed by atoms with Crippen molar-refractivity contribution in [3.8, 4) is 5.88 Å². The molecule has 0 fully saturated rings. The summed E-state index contributed by atoms with van der Waals surface area (Å²) >= 11 is 5.63. The van der Waals surface area contributed by atoms with Gasteiger partial charge in [0.1, 0.15) is 6.61 Å². The van der Waals surface area contributed by atoms with Gasteiger partial charge < -0.3 is 4.74 Å². The lowest BCUT2D eigenvalue weighted by atomic mass is 9.98. The van der Waals surface area contributed by atoms with E-state index in [2.05, 4.69) is 11.7 Å². The molecular formula is C15H15ClN2O2. The topological polar surface area (TPSA) is 44.1 Å². The summed E-state index contributed by atoms with van der Waals surface area (Å²) in [6, 6.07) is 7.11. The molecule has 0 bridgehead atoms. The summed E-state index contributed by atoms with van der Waals surface area (Å²) in [5, 5.41) is 3.62. The summed E-state index contributed by atoms with van der Waals surface area (Å²) in [6.45, 7) is 6.01. The molecule has 0 N–H and O–H groups in total. The average Bonchev–Trinajstić information content (AvgIpc) is 2.81. The van der Waals surface area contributed by atoms with E-state index in [1.807, 2.05) is 20.0 Å². The maximum atomic E-state index is 11.5. The third kappa shape index (κ3) is 3.08. The van der Waals surface area contributed by atoms with E-state index in [1.54, 1.807) is 29.1 Å². The van der Waals surface area contributed by atoms with E-state index in [0.29, 0.717) is 11.4 Å². The molecule has 0 amide bonds. The molecule has 0 aliphatic carbocycles. The maximum absolute atomic E-state index is 11.5. The van der Waals surface area contributed by atoms with Crippen molar-refractivity contribution in [2.45, 2.75) is 13.5 Å². The van der Waals surface area contributed by atoms with Crippen LogP contribution in [0, 0.1) is 0 Å². The van der Waals surface area contributed by atoms with Gasteiger partial charge in [-0.15, -0.1) is 5.10 Å². The van der Waals surface area contributed by atoms with Crippen LogP contribution in [0.1, 0.15) is 28.4 Å². The number of hydrogen-bond donors (Lipinski definition) is 0. The van der Waals surface area contributed by atoms with Gasteiger partial charge in [-0.1, -0.05) is 24.3 Å². The predicted octanol–water partition coefficient (Wildman–Crippen LogP) is 3.41. The third-order valence-corrected chi connectivity index (χ3v) is 3.10. The smallest absolute Gasteiger partial charge is 0.252 e. The molecule has 5 heteroatoms. The summed E-state index contributed by atoms with van der Waals surface area (Å²) in [7, 11) is 1.81. The van der Waals surface area contributed by atoms with Crippen molar-refractivity contribution in [3.05, 3.63) is 53.7 Å². The van der Waals surface area contributed by atoms with Crippen LogP contribution in [0.3, 0.4) is 0 Å². The van der Waals surface area contributed by atoms with Crippen LogP contribution in [0.4, 0.5) is 0 Å². The molecule has 1 heterocycles. The quantitative estimate of drug-likeness (QED) is 0.793. The van der Waals surface area contributed by atoms with E-state index in [-0.39, 0.29) is 6.61 Å². The molecule has 1 aromatic heterocycles. The van der Waals surface area contributed by atoms with Crippen molar-refractivity contribution in [3.63, 3.8) is 0 Å². The highest BCUT2D eigenvalue weighted by atomic mass is 35.5. The van der Waals surface area contributed by atoms with Gasteiger partial charge in [-0.05, 0) is 30.2 Å². The number of ether oxygens (including phenoxy) is 1. The highest BCUT2D eigenvalue weighted by molar-refractivity contribution is 6.68. The second-order valence-corrected chi connectivity index (χ2v) is 4.85. The van der Waals surface area contributed by atoms with Crippen LogP contribution in [0.15, 0.2) is 37.0 Å². The lowest BCUT2D eigenvalue weighted by Crippen LogP contribution is -2.06. The van der Waals surface area contributed by atoms with E-state index in [0.717, 1.165) is 16.7 Å². The minimum atomic E-state index is -0.507. The van der Waals surface area contributed by atoms with Gasteiger partial charge in [-0.2, -0.15) is 0 Å². The lowest BCUT2D eigenvalue weighted by Gasteiger charge is -2.12. The summed E-state index contributed by atoms with van der Waals surface area (Å²) in [6.07, 6.45) is 1.79. The Morgan fingerprint density at radius 2 is 2.10 bits per heavy atom. The number of allylic oxidation sites excluding steroid dienone is 1. The number of hydrogen-bond acceptors (Lipinski definition) is 3. The highest BCUT2D eigenvalue weighted by Crippen LogP contribution is 2.24. The molecule has 104 valence electrons. The molecule has 0 aliphatic heterocycles. The fourth-order valence-electron chi connectivity index (χ4n) is 1.94. The number of benzene rings is 1. The van der Waals surface area contributed by atoms with Gasteiger partial charge in [0.15, 0.2) is 0 Å². The summed E-state index contributed by atoms with van der Waals surface area (Å²) in [4.78, 5) is 11.5. The summed E-state index contributed by atoms with van der Waals surface area (Å²) < 4.78 is 7.26. The zero-order valence-corrected chi connectivity index (χ0v) is 12.1. The number of aromatic nitrogens is 2. The Hall–Kier alpha value is -2.07. The summed E-state index contributed by atoms with van der Waals surface area (Å²) in [5.41, 5.74) is 2.88. The van der Waals surface area contributed by atoms with Crippen molar-refractivity contribution >= 4 is 22.4 Å². The molecule has 0 atom stereocenters. The fourth-order valence-corrected chi connectivity index (χ4v) is 2.12. The van der Waals surface area contributed by atoms with Crippen LogP contribution < -0.4 is 4.74 Å². The van der Waals surface area contributed by atoms with E-state index < -0.39 is 5.24 Å². The van der Waals surface area contributed by atoms with Crippen LogP contribution in [0.2, 0.25) is 0 Å². The van der Waals surface area contributed by atoms with Crippen molar-refractivity contribution in [2.75, 3.05) is 0 Å². The number of carbonyl (C=O) groups is 1. The van der Waals surface area contributed by atoms with Crippen molar-refractivity contribution in [1.82, 2.24) is 9.78 Å². The first-order valence-corrected chi connectivity index (χ1v) is 6.47. The molecule has 0 saturated heterocycles. The molecule has 0 spiro atoms. The number of aryl methyl sites for hydroxylation is 1. The van der Waals surface area contributed by atoms with Gasteiger partial charge >= 0.3 is 0 Å². The first-order valence-electron chi connectivity index (χ1n) is 6.09. The maximum Gasteiger partial charge on any atom is 0.252 e. The van der Waals surface area contributed by atoms with Gasteiger partial charge in [0.25, 0.3) is 5.24 Å². The normalized spacial score (nSPS) is 10.3. The van der Waals surface area contributed by atoms with E-state index >= 15 is 0 Å². The standard InChI is InChI=1S/C15H15ClN2O2/c1-10(2)11-5-4-6-12(15(16)19)13(11)9-20-14-7-8-18(3)17-14/h4-8H,1,9H2,2-3H3. The Morgan fingerprint density at radius 3 is 2.65 bits per heavy atom. The Kier molecular flexibility index (Phi) is 4.25. The number of nitrogens with zero attached hydrogens (tertiary/aromatic N) is 2. The lowest BCUT2D eigenvalue weighted by molar-refractivity contribution is 0.107. The van der Waals surface area contributed by atoms with Gasteiger partial charge in [-0.25, -0.2) is 0 Å². The third-order valence-electron chi connectivity index (χ3n) is 2.90. The first-order chi connectivity index (χ1) is 9.49. The largest absolute Gasteiger partial charge is 0.472 e. The molecule has 1 aromatic carbocycles. The fraction of sp³-hybridized carbons (Fsp3) is 0.200.